The molecule has 4 heteroatoms. The summed E-state index contributed by atoms with van der Waals surface area (Å²) in [4.78, 5) is 10.4. The number of carbonyl (C=O) groups is 1. The number of halogens is 1. The molecule has 0 unspecified atom stereocenters. The van der Waals surface area contributed by atoms with E-state index in [1.165, 1.54) is 19.2 Å². The Morgan fingerprint density at radius 2 is 2.24 bits per heavy atom. The zero-order valence-electron chi connectivity index (χ0n) is 9.87. The molecule has 0 aromatic heterocycles. The SMILES string of the molecule is COc1ccc(F)cc1/C(C)=C/CCC(=O)O. The summed E-state index contributed by atoms with van der Waals surface area (Å²) in [6, 6.07) is 4.26. The minimum absolute atomic E-state index is 0.0645. The second-order valence-corrected chi connectivity index (χ2v) is 3.66. The van der Waals surface area contributed by atoms with Gasteiger partial charge in [-0.2, -0.15) is 0 Å². The predicted octanol–water partition coefficient (Wildman–Crippen LogP) is 3.10. The van der Waals surface area contributed by atoms with Gasteiger partial charge in [0.05, 0.1) is 7.11 Å². The van der Waals surface area contributed by atoms with Gasteiger partial charge in [-0.1, -0.05) is 6.08 Å². The number of allylic oxidation sites excluding steroid dienone is 2. The fourth-order valence-electron chi connectivity index (χ4n) is 1.51. The van der Waals surface area contributed by atoms with E-state index < -0.39 is 5.97 Å². The molecule has 1 N–H and O–H groups in total. The predicted molar refractivity (Wildman–Crippen MR) is 63.5 cm³/mol. The van der Waals surface area contributed by atoms with E-state index in [2.05, 4.69) is 0 Å². The Labute approximate surface area is 99.5 Å². The van der Waals surface area contributed by atoms with Crippen LogP contribution in [0.5, 0.6) is 5.75 Å². The molecule has 0 aliphatic heterocycles. The molecule has 3 nitrogen and oxygen atoms in total. The van der Waals surface area contributed by atoms with Crippen LogP contribution in [-0.2, 0) is 4.79 Å². The number of carboxylic acid groups (broad SMARTS) is 1. The molecule has 0 spiro atoms. The van der Waals surface area contributed by atoms with Gasteiger partial charge in [0.1, 0.15) is 11.6 Å². The van der Waals surface area contributed by atoms with Crippen LogP contribution in [0.2, 0.25) is 0 Å². The van der Waals surface area contributed by atoms with E-state index in [0.717, 1.165) is 5.57 Å². The summed E-state index contributed by atoms with van der Waals surface area (Å²) in [7, 11) is 1.52. The van der Waals surface area contributed by atoms with Crippen molar-refractivity contribution in [2.24, 2.45) is 0 Å². The quantitative estimate of drug-likeness (QED) is 0.857. The average Bonchev–Trinajstić information content (AvgIpc) is 2.28. The molecular formula is C13H15FO3. The van der Waals surface area contributed by atoms with E-state index in [1.807, 2.05) is 0 Å². The summed E-state index contributed by atoms with van der Waals surface area (Å²) in [5.41, 5.74) is 1.46. The maximum Gasteiger partial charge on any atom is 0.303 e. The van der Waals surface area contributed by atoms with Crippen molar-refractivity contribution in [2.75, 3.05) is 7.11 Å². The van der Waals surface area contributed by atoms with Crippen molar-refractivity contribution in [1.82, 2.24) is 0 Å². The second-order valence-electron chi connectivity index (χ2n) is 3.66. The van der Waals surface area contributed by atoms with E-state index in [9.17, 15) is 9.18 Å². The smallest absolute Gasteiger partial charge is 0.303 e. The van der Waals surface area contributed by atoms with Gasteiger partial charge in [0.2, 0.25) is 0 Å². The van der Waals surface area contributed by atoms with Crippen molar-refractivity contribution in [3.8, 4) is 5.75 Å². The molecule has 1 aromatic carbocycles. The molecule has 0 atom stereocenters. The molecule has 0 aliphatic rings. The van der Waals surface area contributed by atoms with Crippen LogP contribution in [0.15, 0.2) is 24.3 Å². The van der Waals surface area contributed by atoms with Gasteiger partial charge in [0.25, 0.3) is 0 Å². The summed E-state index contributed by atoms with van der Waals surface area (Å²) >= 11 is 0. The topological polar surface area (TPSA) is 46.5 Å². The molecule has 0 saturated heterocycles. The normalized spacial score (nSPS) is 11.4. The number of hydrogen-bond donors (Lipinski definition) is 1. The van der Waals surface area contributed by atoms with Crippen molar-refractivity contribution in [3.63, 3.8) is 0 Å². The second kappa shape index (κ2) is 6.03. The number of hydrogen-bond acceptors (Lipinski definition) is 2. The van der Waals surface area contributed by atoms with Gasteiger partial charge < -0.3 is 9.84 Å². The van der Waals surface area contributed by atoms with Crippen molar-refractivity contribution in [3.05, 3.63) is 35.7 Å². The summed E-state index contributed by atoms with van der Waals surface area (Å²) in [5.74, 6) is -0.609. The Bertz CT molecular complexity index is 438. The van der Waals surface area contributed by atoms with E-state index in [4.69, 9.17) is 9.84 Å². The van der Waals surface area contributed by atoms with Crippen molar-refractivity contribution in [1.29, 1.82) is 0 Å². The number of aliphatic carboxylic acids is 1. The van der Waals surface area contributed by atoms with E-state index in [0.29, 0.717) is 17.7 Å². The van der Waals surface area contributed by atoms with Crippen LogP contribution in [-0.4, -0.2) is 18.2 Å². The summed E-state index contributed by atoms with van der Waals surface area (Å²) in [6.07, 6.45) is 2.25. The van der Waals surface area contributed by atoms with Crippen molar-refractivity contribution in [2.45, 2.75) is 19.8 Å². The minimum Gasteiger partial charge on any atom is -0.496 e. The highest BCUT2D eigenvalue weighted by Crippen LogP contribution is 2.26. The Hall–Kier alpha value is -1.84. The molecule has 92 valence electrons. The number of rotatable bonds is 5. The fourth-order valence-corrected chi connectivity index (χ4v) is 1.51. The zero-order valence-corrected chi connectivity index (χ0v) is 9.87. The highest BCUT2D eigenvalue weighted by Gasteiger charge is 2.06. The first-order valence-corrected chi connectivity index (χ1v) is 5.27. The third kappa shape index (κ3) is 3.90. The van der Waals surface area contributed by atoms with Crippen LogP contribution in [0.25, 0.3) is 5.57 Å². The molecule has 1 rings (SSSR count). The summed E-state index contributed by atoms with van der Waals surface area (Å²) in [5, 5.41) is 8.53. The molecule has 0 radical (unpaired) electrons. The Kier molecular flexibility index (Phi) is 4.69. The van der Waals surface area contributed by atoms with Gasteiger partial charge in [-0.05, 0) is 37.1 Å². The van der Waals surface area contributed by atoms with Crippen molar-refractivity contribution < 1.29 is 19.0 Å². The first kappa shape index (κ1) is 13.2. The van der Waals surface area contributed by atoms with Crippen LogP contribution in [0.3, 0.4) is 0 Å². The molecule has 0 amide bonds. The number of carboxylic acids is 1. The number of ether oxygens (including phenoxy) is 1. The van der Waals surface area contributed by atoms with E-state index >= 15 is 0 Å². The standard InChI is InChI=1S/C13H15FO3/c1-9(4-3-5-13(15)16)11-8-10(14)6-7-12(11)17-2/h4,6-8H,3,5H2,1-2H3,(H,15,16)/b9-4+. The van der Waals surface area contributed by atoms with E-state index in [-0.39, 0.29) is 12.2 Å². The molecular weight excluding hydrogens is 223 g/mol. The van der Waals surface area contributed by atoms with Crippen LogP contribution >= 0.6 is 0 Å². The minimum atomic E-state index is -0.847. The Balaban J connectivity index is 2.90. The largest absolute Gasteiger partial charge is 0.496 e. The van der Waals surface area contributed by atoms with Crippen LogP contribution < -0.4 is 4.74 Å². The fraction of sp³-hybridized carbons (Fsp3) is 0.308. The van der Waals surface area contributed by atoms with Gasteiger partial charge in [0, 0.05) is 12.0 Å². The Morgan fingerprint density at radius 1 is 1.53 bits per heavy atom. The molecule has 17 heavy (non-hydrogen) atoms. The van der Waals surface area contributed by atoms with Crippen LogP contribution in [0, 0.1) is 5.82 Å². The lowest BCUT2D eigenvalue weighted by Crippen LogP contribution is -1.94. The lowest BCUT2D eigenvalue weighted by molar-refractivity contribution is -0.136. The van der Waals surface area contributed by atoms with Crippen molar-refractivity contribution >= 4 is 11.5 Å². The third-order valence-electron chi connectivity index (χ3n) is 2.40. The van der Waals surface area contributed by atoms with Gasteiger partial charge in [0.15, 0.2) is 0 Å². The van der Waals surface area contributed by atoms with Gasteiger partial charge in [-0.15, -0.1) is 0 Å². The maximum absolute atomic E-state index is 13.1. The Morgan fingerprint density at radius 3 is 2.82 bits per heavy atom. The highest BCUT2D eigenvalue weighted by atomic mass is 19.1. The number of methoxy groups -OCH3 is 1. The monoisotopic (exact) mass is 238 g/mol. The maximum atomic E-state index is 13.1. The summed E-state index contributed by atoms with van der Waals surface area (Å²) in [6.45, 7) is 1.80. The zero-order chi connectivity index (χ0) is 12.8. The van der Waals surface area contributed by atoms with Gasteiger partial charge >= 0.3 is 5.97 Å². The van der Waals surface area contributed by atoms with Crippen LogP contribution in [0.1, 0.15) is 25.3 Å². The molecule has 0 heterocycles. The van der Waals surface area contributed by atoms with Crippen LogP contribution in [0.4, 0.5) is 4.39 Å². The number of benzene rings is 1. The third-order valence-corrected chi connectivity index (χ3v) is 2.40. The summed E-state index contributed by atoms with van der Waals surface area (Å²) < 4.78 is 18.2. The molecule has 0 bridgehead atoms. The first-order valence-electron chi connectivity index (χ1n) is 5.27. The molecule has 1 aromatic rings. The average molecular weight is 238 g/mol. The molecule has 0 aliphatic carbocycles. The van der Waals surface area contributed by atoms with Gasteiger partial charge in [-0.25, -0.2) is 4.39 Å². The lowest BCUT2D eigenvalue weighted by atomic mass is 10.0. The van der Waals surface area contributed by atoms with E-state index in [1.54, 1.807) is 19.1 Å². The molecule has 0 saturated carbocycles. The van der Waals surface area contributed by atoms with Gasteiger partial charge in [-0.3, -0.25) is 4.79 Å². The first-order chi connectivity index (χ1) is 8.04. The lowest BCUT2D eigenvalue weighted by Gasteiger charge is -2.08. The highest BCUT2D eigenvalue weighted by molar-refractivity contribution is 5.70. The molecule has 0 fully saturated rings.